The fourth-order valence-electron chi connectivity index (χ4n) is 1.81. The normalized spacial score (nSPS) is 11.8. The van der Waals surface area contributed by atoms with Crippen molar-refractivity contribution in [3.05, 3.63) is 51.5 Å². The summed E-state index contributed by atoms with van der Waals surface area (Å²) in [7, 11) is -3.69. The molecule has 0 fully saturated rings. The van der Waals surface area contributed by atoms with E-state index in [4.69, 9.17) is 0 Å². The van der Waals surface area contributed by atoms with Crippen molar-refractivity contribution in [2.45, 2.75) is 25.0 Å². The molecular weight excluding hydrogens is 301 g/mol. The molecule has 0 saturated carbocycles. The number of thiophene rings is 1. The summed E-state index contributed by atoms with van der Waals surface area (Å²) in [5.41, 5.74) is 1.26. The minimum absolute atomic E-state index is 0.0722. The number of benzene rings is 1. The lowest BCUT2D eigenvalue weighted by Crippen LogP contribution is -2.24. The van der Waals surface area contributed by atoms with E-state index >= 15 is 0 Å². The molecule has 0 aliphatic carbocycles. The maximum atomic E-state index is 12.8. The highest BCUT2D eigenvalue weighted by Crippen LogP contribution is 2.26. The number of aliphatic hydroxyl groups is 1. The molecule has 0 aliphatic heterocycles. The van der Waals surface area contributed by atoms with Crippen LogP contribution in [0.5, 0.6) is 0 Å². The van der Waals surface area contributed by atoms with Gasteiger partial charge in [-0.1, -0.05) is 12.1 Å². The van der Waals surface area contributed by atoms with Gasteiger partial charge in [0, 0.05) is 6.54 Å². The molecule has 0 amide bonds. The highest BCUT2D eigenvalue weighted by atomic mass is 32.2. The monoisotopic (exact) mass is 315 g/mol. The Balaban J connectivity index is 2.19. The number of aliphatic hydroxyl groups excluding tert-OH is 1. The van der Waals surface area contributed by atoms with Crippen molar-refractivity contribution in [2.24, 2.45) is 0 Å². The molecule has 2 N–H and O–H groups in total. The zero-order valence-corrected chi connectivity index (χ0v) is 12.4. The van der Waals surface area contributed by atoms with Gasteiger partial charge in [-0.2, -0.15) is 0 Å². The fraction of sp³-hybridized carbons (Fsp3) is 0.231. The molecule has 1 aromatic carbocycles. The summed E-state index contributed by atoms with van der Waals surface area (Å²) in [6.45, 7) is 1.44. The van der Waals surface area contributed by atoms with E-state index in [0.717, 1.165) is 0 Å². The molecule has 20 heavy (non-hydrogen) atoms. The van der Waals surface area contributed by atoms with Crippen LogP contribution in [0.25, 0.3) is 0 Å². The summed E-state index contributed by atoms with van der Waals surface area (Å²) in [6, 6.07) is 5.59. The van der Waals surface area contributed by atoms with E-state index in [-0.39, 0.29) is 23.9 Å². The van der Waals surface area contributed by atoms with Crippen LogP contribution < -0.4 is 4.72 Å². The topological polar surface area (TPSA) is 66.4 Å². The number of halogens is 1. The number of rotatable bonds is 5. The van der Waals surface area contributed by atoms with Gasteiger partial charge < -0.3 is 5.11 Å². The Labute approximate surface area is 120 Å². The number of hydrogen-bond donors (Lipinski definition) is 2. The molecule has 1 aromatic heterocycles. The minimum Gasteiger partial charge on any atom is -0.391 e. The maximum Gasteiger partial charge on any atom is 0.242 e. The summed E-state index contributed by atoms with van der Waals surface area (Å²) in [5.74, 6) is -0.368. The first kappa shape index (κ1) is 15.1. The maximum absolute atomic E-state index is 12.8. The van der Waals surface area contributed by atoms with Gasteiger partial charge in [-0.15, -0.1) is 11.3 Å². The molecule has 0 bridgehead atoms. The Morgan fingerprint density at radius 2 is 1.95 bits per heavy atom. The van der Waals surface area contributed by atoms with E-state index in [1.54, 1.807) is 12.3 Å². The van der Waals surface area contributed by atoms with Crippen LogP contribution in [0.15, 0.2) is 34.5 Å². The zero-order chi connectivity index (χ0) is 14.8. The molecule has 7 heteroatoms. The predicted octanol–water partition coefficient (Wildman–Crippen LogP) is 2.17. The lowest BCUT2D eigenvalue weighted by atomic mass is 10.2. The summed E-state index contributed by atoms with van der Waals surface area (Å²) in [6.07, 6.45) is 0. The average Bonchev–Trinajstić information content (AvgIpc) is 2.80. The Morgan fingerprint density at radius 3 is 2.55 bits per heavy atom. The Kier molecular flexibility index (Phi) is 4.54. The standard InChI is InChI=1S/C13H14FNO3S2/c1-9-8-19-12(7-16)13(9)20(17,18)15-6-10-2-4-11(14)5-3-10/h2-5,8,15-16H,6-7H2,1H3. The quantitative estimate of drug-likeness (QED) is 0.888. The van der Waals surface area contributed by atoms with Crippen molar-refractivity contribution in [1.29, 1.82) is 0 Å². The van der Waals surface area contributed by atoms with E-state index in [1.165, 1.54) is 35.6 Å². The molecule has 1 heterocycles. The predicted molar refractivity (Wildman–Crippen MR) is 75.4 cm³/mol. The van der Waals surface area contributed by atoms with Crippen molar-refractivity contribution in [2.75, 3.05) is 0 Å². The average molecular weight is 315 g/mol. The van der Waals surface area contributed by atoms with Crippen molar-refractivity contribution >= 4 is 21.4 Å². The second-order valence-electron chi connectivity index (χ2n) is 4.28. The molecule has 2 aromatic rings. The first-order valence-electron chi connectivity index (χ1n) is 5.86. The molecule has 0 radical (unpaired) electrons. The van der Waals surface area contributed by atoms with Crippen LogP contribution in [0.1, 0.15) is 16.0 Å². The van der Waals surface area contributed by atoms with Crippen LogP contribution in [0.4, 0.5) is 4.39 Å². The second kappa shape index (κ2) is 6.01. The number of nitrogens with one attached hydrogen (secondary N) is 1. The molecule has 0 atom stereocenters. The fourth-order valence-corrected chi connectivity index (χ4v) is 4.49. The number of hydrogen-bond acceptors (Lipinski definition) is 4. The molecule has 4 nitrogen and oxygen atoms in total. The van der Waals surface area contributed by atoms with Crippen molar-refractivity contribution in [3.63, 3.8) is 0 Å². The zero-order valence-electron chi connectivity index (χ0n) is 10.8. The van der Waals surface area contributed by atoms with Crippen molar-refractivity contribution < 1.29 is 17.9 Å². The largest absolute Gasteiger partial charge is 0.391 e. The van der Waals surface area contributed by atoms with Gasteiger partial charge in [-0.3, -0.25) is 0 Å². The van der Waals surface area contributed by atoms with E-state index < -0.39 is 10.0 Å². The minimum atomic E-state index is -3.69. The third-order valence-corrected chi connectivity index (χ3v) is 5.63. The summed E-state index contributed by atoms with van der Waals surface area (Å²) < 4.78 is 39.7. The van der Waals surface area contributed by atoms with Gasteiger partial charge in [0.05, 0.1) is 11.5 Å². The summed E-state index contributed by atoms with van der Waals surface area (Å²) in [5, 5.41) is 10.9. The summed E-state index contributed by atoms with van der Waals surface area (Å²) in [4.78, 5) is 0.543. The van der Waals surface area contributed by atoms with Crippen LogP contribution in [0.2, 0.25) is 0 Å². The van der Waals surface area contributed by atoms with Crippen LogP contribution in [0, 0.1) is 12.7 Å². The second-order valence-corrected chi connectivity index (χ2v) is 6.95. The van der Waals surface area contributed by atoms with Gasteiger partial charge in [0.2, 0.25) is 10.0 Å². The molecule has 108 valence electrons. The summed E-state index contributed by atoms with van der Waals surface area (Å²) >= 11 is 1.21. The third-order valence-electron chi connectivity index (χ3n) is 2.78. The van der Waals surface area contributed by atoms with Crippen LogP contribution in [-0.2, 0) is 23.2 Å². The van der Waals surface area contributed by atoms with Gasteiger partial charge >= 0.3 is 0 Å². The first-order chi connectivity index (χ1) is 9.44. The number of aryl methyl sites for hydroxylation is 1. The SMILES string of the molecule is Cc1csc(CO)c1S(=O)(=O)NCc1ccc(F)cc1. The van der Waals surface area contributed by atoms with E-state index in [1.807, 2.05) is 0 Å². The van der Waals surface area contributed by atoms with E-state index in [2.05, 4.69) is 4.72 Å². The van der Waals surface area contributed by atoms with E-state index in [9.17, 15) is 17.9 Å². The molecule has 2 rings (SSSR count). The van der Waals surface area contributed by atoms with Gasteiger partial charge in [0.25, 0.3) is 0 Å². The Bertz CT molecular complexity index is 693. The molecule has 0 saturated heterocycles. The lowest BCUT2D eigenvalue weighted by molar-refractivity contribution is 0.282. The van der Waals surface area contributed by atoms with Crippen LogP contribution >= 0.6 is 11.3 Å². The highest BCUT2D eigenvalue weighted by molar-refractivity contribution is 7.89. The third kappa shape index (κ3) is 3.24. The van der Waals surface area contributed by atoms with Gasteiger partial charge in [0.15, 0.2) is 0 Å². The van der Waals surface area contributed by atoms with Gasteiger partial charge in [-0.05, 0) is 35.6 Å². The Hall–Kier alpha value is -1.28. The molecular formula is C13H14FNO3S2. The molecule has 0 aliphatic rings. The van der Waals surface area contributed by atoms with Gasteiger partial charge in [-0.25, -0.2) is 17.5 Å². The number of sulfonamides is 1. The van der Waals surface area contributed by atoms with E-state index in [0.29, 0.717) is 16.0 Å². The van der Waals surface area contributed by atoms with Crippen LogP contribution in [-0.4, -0.2) is 13.5 Å². The van der Waals surface area contributed by atoms with Crippen molar-refractivity contribution in [3.8, 4) is 0 Å². The lowest BCUT2D eigenvalue weighted by Gasteiger charge is -2.08. The van der Waals surface area contributed by atoms with Crippen LogP contribution in [0.3, 0.4) is 0 Å². The van der Waals surface area contributed by atoms with Crippen molar-refractivity contribution in [1.82, 2.24) is 4.72 Å². The molecule has 0 spiro atoms. The smallest absolute Gasteiger partial charge is 0.242 e. The first-order valence-corrected chi connectivity index (χ1v) is 8.22. The molecule has 0 unspecified atom stereocenters. The highest BCUT2D eigenvalue weighted by Gasteiger charge is 2.22. The van der Waals surface area contributed by atoms with Gasteiger partial charge in [0.1, 0.15) is 10.7 Å². The Morgan fingerprint density at radius 1 is 1.30 bits per heavy atom.